The Hall–Kier alpha value is -1.60. The molecule has 0 radical (unpaired) electrons. The second-order valence-corrected chi connectivity index (χ2v) is 3.61. The minimum atomic E-state index is 0.542. The van der Waals surface area contributed by atoms with Crippen LogP contribution in [-0.2, 0) is 6.54 Å². The highest BCUT2D eigenvalue weighted by Gasteiger charge is 2.02. The molecule has 0 spiro atoms. The van der Waals surface area contributed by atoms with Crippen LogP contribution < -0.4 is 10.2 Å². The van der Waals surface area contributed by atoms with E-state index in [1.54, 1.807) is 12.4 Å². The lowest BCUT2D eigenvalue weighted by Gasteiger charge is -2.15. The van der Waals surface area contributed by atoms with E-state index in [0.29, 0.717) is 6.54 Å². The molecule has 16 heavy (non-hydrogen) atoms. The second kappa shape index (κ2) is 6.81. The Morgan fingerprint density at radius 1 is 1.50 bits per heavy atom. The van der Waals surface area contributed by atoms with Gasteiger partial charge in [0.15, 0.2) is 0 Å². The highest BCUT2D eigenvalue weighted by atomic mass is 15.2. The maximum atomic E-state index is 5.25. The van der Waals surface area contributed by atoms with Gasteiger partial charge in [-0.2, -0.15) is 0 Å². The van der Waals surface area contributed by atoms with E-state index in [9.17, 15) is 0 Å². The molecule has 1 heterocycles. The van der Waals surface area contributed by atoms with Crippen LogP contribution in [0.2, 0.25) is 0 Å². The average Bonchev–Trinajstić information content (AvgIpc) is 2.30. The third-order valence-corrected chi connectivity index (χ3v) is 2.12. The van der Waals surface area contributed by atoms with Crippen LogP contribution in [0.25, 0.3) is 0 Å². The first-order valence-electron chi connectivity index (χ1n) is 5.44. The van der Waals surface area contributed by atoms with Gasteiger partial charge in [0.05, 0.1) is 18.4 Å². The number of aromatic nitrogens is 2. The number of nitrogens with zero attached hydrogens (tertiary/aromatic N) is 3. The van der Waals surface area contributed by atoms with Gasteiger partial charge >= 0.3 is 0 Å². The van der Waals surface area contributed by atoms with Crippen molar-refractivity contribution in [1.29, 1.82) is 0 Å². The summed E-state index contributed by atoms with van der Waals surface area (Å²) in [6.45, 7) is 4.42. The van der Waals surface area contributed by atoms with Crippen molar-refractivity contribution in [2.75, 3.05) is 25.0 Å². The summed E-state index contributed by atoms with van der Waals surface area (Å²) in [5.74, 6) is 3.39. The van der Waals surface area contributed by atoms with Crippen LogP contribution in [0.4, 0.5) is 5.82 Å². The summed E-state index contributed by atoms with van der Waals surface area (Å²) < 4.78 is 0. The Balaban J connectivity index is 2.60. The molecule has 86 valence electrons. The molecule has 1 rings (SSSR count). The number of rotatable bonds is 6. The summed E-state index contributed by atoms with van der Waals surface area (Å²) in [7, 11) is 1.91. The smallest absolute Gasteiger partial charge is 0.147 e. The molecule has 0 aliphatic rings. The SMILES string of the molecule is C#CCN(C)c1cncc(CNCCC)n1. The molecule has 0 bridgehead atoms. The van der Waals surface area contributed by atoms with E-state index in [2.05, 4.69) is 28.1 Å². The normalized spacial score (nSPS) is 9.81. The number of nitrogens with one attached hydrogen (secondary N) is 1. The van der Waals surface area contributed by atoms with Crippen molar-refractivity contribution >= 4 is 5.82 Å². The summed E-state index contributed by atoms with van der Waals surface area (Å²) in [6.07, 6.45) is 9.86. The number of hydrogen-bond acceptors (Lipinski definition) is 4. The molecule has 0 saturated heterocycles. The Morgan fingerprint density at radius 2 is 2.31 bits per heavy atom. The third kappa shape index (κ3) is 3.87. The van der Waals surface area contributed by atoms with E-state index in [1.807, 2.05) is 11.9 Å². The average molecular weight is 218 g/mol. The predicted molar refractivity (Wildman–Crippen MR) is 66.1 cm³/mol. The fourth-order valence-corrected chi connectivity index (χ4v) is 1.28. The van der Waals surface area contributed by atoms with E-state index in [4.69, 9.17) is 6.42 Å². The fourth-order valence-electron chi connectivity index (χ4n) is 1.28. The maximum Gasteiger partial charge on any atom is 0.147 e. The van der Waals surface area contributed by atoms with Crippen molar-refractivity contribution in [3.8, 4) is 12.3 Å². The molecular formula is C12H18N4. The largest absolute Gasteiger partial charge is 0.347 e. The molecule has 0 unspecified atom stereocenters. The zero-order valence-corrected chi connectivity index (χ0v) is 9.90. The topological polar surface area (TPSA) is 41.1 Å². The molecule has 1 aromatic rings. The summed E-state index contributed by atoms with van der Waals surface area (Å²) in [6, 6.07) is 0. The zero-order chi connectivity index (χ0) is 11.8. The molecule has 1 aromatic heterocycles. The molecule has 0 aliphatic heterocycles. The monoisotopic (exact) mass is 218 g/mol. The van der Waals surface area contributed by atoms with Crippen molar-refractivity contribution in [2.45, 2.75) is 19.9 Å². The molecular weight excluding hydrogens is 200 g/mol. The Labute approximate surface area is 97.1 Å². The summed E-state index contributed by atoms with van der Waals surface area (Å²) in [5, 5.41) is 3.29. The van der Waals surface area contributed by atoms with E-state index in [1.165, 1.54) is 0 Å². The van der Waals surface area contributed by atoms with E-state index < -0.39 is 0 Å². The minimum Gasteiger partial charge on any atom is -0.347 e. The van der Waals surface area contributed by atoms with Gasteiger partial charge in [0.2, 0.25) is 0 Å². The molecule has 0 fully saturated rings. The van der Waals surface area contributed by atoms with E-state index in [-0.39, 0.29) is 0 Å². The van der Waals surface area contributed by atoms with E-state index in [0.717, 1.165) is 31.0 Å². The first-order chi connectivity index (χ1) is 7.77. The second-order valence-electron chi connectivity index (χ2n) is 3.61. The highest BCUT2D eigenvalue weighted by Crippen LogP contribution is 2.06. The third-order valence-electron chi connectivity index (χ3n) is 2.12. The lowest BCUT2D eigenvalue weighted by atomic mass is 10.4. The van der Waals surface area contributed by atoms with Crippen LogP contribution in [-0.4, -0.2) is 30.1 Å². The van der Waals surface area contributed by atoms with Gasteiger partial charge in [0.1, 0.15) is 5.82 Å². The lowest BCUT2D eigenvalue weighted by molar-refractivity contribution is 0.661. The number of hydrogen-bond donors (Lipinski definition) is 1. The Kier molecular flexibility index (Phi) is 5.30. The van der Waals surface area contributed by atoms with Gasteiger partial charge in [-0.15, -0.1) is 6.42 Å². The first-order valence-corrected chi connectivity index (χ1v) is 5.44. The van der Waals surface area contributed by atoms with E-state index >= 15 is 0 Å². The summed E-state index contributed by atoms with van der Waals surface area (Å²) in [4.78, 5) is 10.5. The van der Waals surface area contributed by atoms with Gasteiger partial charge < -0.3 is 10.2 Å². The molecule has 1 N–H and O–H groups in total. The van der Waals surface area contributed by atoms with Crippen molar-refractivity contribution in [2.24, 2.45) is 0 Å². The van der Waals surface area contributed by atoms with Crippen molar-refractivity contribution < 1.29 is 0 Å². The van der Waals surface area contributed by atoms with Gasteiger partial charge in [-0.1, -0.05) is 12.8 Å². The Morgan fingerprint density at radius 3 is 3.00 bits per heavy atom. The van der Waals surface area contributed by atoms with Gasteiger partial charge in [0, 0.05) is 19.8 Å². The molecule has 0 aromatic carbocycles. The summed E-state index contributed by atoms with van der Waals surface area (Å²) >= 11 is 0. The molecule has 0 amide bonds. The molecule has 4 nitrogen and oxygen atoms in total. The molecule has 0 aliphatic carbocycles. The first kappa shape index (κ1) is 12.5. The highest BCUT2D eigenvalue weighted by molar-refractivity contribution is 5.36. The molecule has 0 atom stereocenters. The van der Waals surface area contributed by atoms with Crippen LogP contribution in [0.1, 0.15) is 19.0 Å². The number of anilines is 1. The molecule has 0 saturated carbocycles. The fraction of sp³-hybridized carbons (Fsp3) is 0.500. The van der Waals surface area contributed by atoms with Crippen LogP contribution >= 0.6 is 0 Å². The van der Waals surface area contributed by atoms with Crippen LogP contribution in [0, 0.1) is 12.3 Å². The standard InChI is InChI=1S/C12H18N4/c1-4-6-13-8-11-9-14-10-12(15-11)16(3)7-5-2/h2,9-10,13H,4,6-8H2,1,3H3. The lowest BCUT2D eigenvalue weighted by Crippen LogP contribution is -2.20. The predicted octanol–water partition coefficient (Wildman–Crippen LogP) is 1.05. The number of terminal acetylenes is 1. The van der Waals surface area contributed by atoms with Gasteiger partial charge in [-0.25, -0.2) is 4.98 Å². The van der Waals surface area contributed by atoms with Gasteiger partial charge in [-0.3, -0.25) is 4.98 Å². The van der Waals surface area contributed by atoms with Crippen molar-refractivity contribution in [3.05, 3.63) is 18.1 Å². The van der Waals surface area contributed by atoms with Crippen LogP contribution in [0.3, 0.4) is 0 Å². The van der Waals surface area contributed by atoms with Gasteiger partial charge in [-0.05, 0) is 13.0 Å². The Bertz CT molecular complexity index is 356. The van der Waals surface area contributed by atoms with Crippen molar-refractivity contribution in [3.63, 3.8) is 0 Å². The van der Waals surface area contributed by atoms with Gasteiger partial charge in [0.25, 0.3) is 0 Å². The summed E-state index contributed by atoms with van der Waals surface area (Å²) in [5.41, 5.74) is 0.940. The van der Waals surface area contributed by atoms with Crippen LogP contribution in [0.15, 0.2) is 12.4 Å². The maximum absolute atomic E-state index is 5.25. The van der Waals surface area contributed by atoms with Crippen molar-refractivity contribution in [1.82, 2.24) is 15.3 Å². The minimum absolute atomic E-state index is 0.542. The quantitative estimate of drug-likeness (QED) is 0.572. The van der Waals surface area contributed by atoms with Crippen LogP contribution in [0.5, 0.6) is 0 Å². The zero-order valence-electron chi connectivity index (χ0n) is 9.90. The molecule has 4 heteroatoms.